The Hall–Kier alpha value is -1.65. The third-order valence-electron chi connectivity index (χ3n) is 3.62. The fourth-order valence-corrected chi connectivity index (χ4v) is 2.68. The van der Waals surface area contributed by atoms with E-state index < -0.39 is 23.0 Å². The molecule has 1 fully saturated rings. The molecule has 2 rings (SSSR count). The first kappa shape index (κ1) is 12.8. The first-order valence-corrected chi connectivity index (χ1v) is 5.79. The third-order valence-corrected chi connectivity index (χ3v) is 3.62. The molecule has 1 N–H and O–H groups in total. The summed E-state index contributed by atoms with van der Waals surface area (Å²) < 4.78 is 32.8. The molecule has 5 heteroatoms. The van der Waals surface area contributed by atoms with E-state index in [-0.39, 0.29) is 24.2 Å². The summed E-state index contributed by atoms with van der Waals surface area (Å²) in [5.74, 6) is -3.02. The zero-order chi connectivity index (χ0) is 13.3. The lowest BCUT2D eigenvalue weighted by molar-refractivity contribution is -0.143. The molecule has 1 aromatic rings. The summed E-state index contributed by atoms with van der Waals surface area (Å²) in [7, 11) is 1.27. The number of carboxylic acids is 1. The maximum Gasteiger partial charge on any atom is 0.314 e. The molecule has 0 atom stereocenters. The monoisotopic (exact) mass is 256 g/mol. The van der Waals surface area contributed by atoms with Crippen molar-refractivity contribution in [3.8, 4) is 5.75 Å². The summed E-state index contributed by atoms with van der Waals surface area (Å²) in [4.78, 5) is 11.5. The van der Waals surface area contributed by atoms with Crippen molar-refractivity contribution in [3.05, 3.63) is 29.3 Å². The van der Waals surface area contributed by atoms with Gasteiger partial charge in [-0.25, -0.2) is 8.78 Å². The second kappa shape index (κ2) is 4.55. The first-order chi connectivity index (χ1) is 8.53. The lowest BCUT2D eigenvalue weighted by Crippen LogP contribution is -2.34. The van der Waals surface area contributed by atoms with Crippen LogP contribution in [0.15, 0.2) is 12.1 Å². The standard InChI is InChI=1S/C13H14F2O3/c1-18-9-5-4-8(14)10(11(9)15)13(12(16)17)6-2-3-7-13/h4-5H,2-3,6-7H2,1H3,(H,16,17). The highest BCUT2D eigenvalue weighted by Crippen LogP contribution is 2.45. The molecule has 1 aliphatic carbocycles. The van der Waals surface area contributed by atoms with Gasteiger partial charge in [0.25, 0.3) is 0 Å². The van der Waals surface area contributed by atoms with Crippen LogP contribution in [0.5, 0.6) is 5.75 Å². The number of ether oxygens (including phenoxy) is 1. The van der Waals surface area contributed by atoms with E-state index in [1.807, 2.05) is 0 Å². The van der Waals surface area contributed by atoms with Gasteiger partial charge in [-0.2, -0.15) is 0 Å². The second-order valence-corrected chi connectivity index (χ2v) is 4.53. The van der Waals surface area contributed by atoms with Crippen LogP contribution in [-0.4, -0.2) is 18.2 Å². The van der Waals surface area contributed by atoms with E-state index in [4.69, 9.17) is 4.74 Å². The maximum atomic E-state index is 14.2. The Balaban J connectivity index is 2.65. The summed E-state index contributed by atoms with van der Waals surface area (Å²) in [6, 6.07) is 2.22. The van der Waals surface area contributed by atoms with Crippen LogP contribution in [0, 0.1) is 11.6 Å². The van der Waals surface area contributed by atoms with Crippen molar-refractivity contribution in [2.45, 2.75) is 31.1 Å². The zero-order valence-electron chi connectivity index (χ0n) is 10.0. The molecule has 0 bridgehead atoms. The van der Waals surface area contributed by atoms with E-state index in [2.05, 4.69) is 0 Å². The molecule has 3 nitrogen and oxygen atoms in total. The predicted molar refractivity (Wildman–Crippen MR) is 60.7 cm³/mol. The van der Waals surface area contributed by atoms with Gasteiger partial charge in [0.15, 0.2) is 11.6 Å². The molecule has 1 saturated carbocycles. The number of benzene rings is 1. The quantitative estimate of drug-likeness (QED) is 0.904. The molecule has 0 heterocycles. The van der Waals surface area contributed by atoms with Crippen molar-refractivity contribution in [1.29, 1.82) is 0 Å². The van der Waals surface area contributed by atoms with Crippen molar-refractivity contribution >= 4 is 5.97 Å². The minimum Gasteiger partial charge on any atom is -0.494 e. The number of carboxylic acid groups (broad SMARTS) is 1. The molecule has 1 aliphatic rings. The van der Waals surface area contributed by atoms with Crippen LogP contribution in [0.4, 0.5) is 8.78 Å². The molecule has 0 radical (unpaired) electrons. The highest BCUT2D eigenvalue weighted by atomic mass is 19.1. The van der Waals surface area contributed by atoms with Gasteiger partial charge in [-0.1, -0.05) is 12.8 Å². The van der Waals surface area contributed by atoms with Crippen molar-refractivity contribution in [2.75, 3.05) is 7.11 Å². The minimum absolute atomic E-state index is 0.126. The molecule has 0 unspecified atom stereocenters. The zero-order valence-corrected chi connectivity index (χ0v) is 10.0. The van der Waals surface area contributed by atoms with E-state index in [1.54, 1.807) is 0 Å². The molecule has 18 heavy (non-hydrogen) atoms. The van der Waals surface area contributed by atoms with E-state index in [0.29, 0.717) is 12.8 Å². The van der Waals surface area contributed by atoms with Crippen molar-refractivity contribution in [3.63, 3.8) is 0 Å². The molecule has 0 aromatic heterocycles. The third kappa shape index (κ3) is 1.74. The molecule has 98 valence electrons. The largest absolute Gasteiger partial charge is 0.494 e. The predicted octanol–water partition coefficient (Wildman–Crippen LogP) is 2.87. The average Bonchev–Trinajstić information content (AvgIpc) is 2.80. The molecule has 0 spiro atoms. The molecular weight excluding hydrogens is 242 g/mol. The molecular formula is C13H14F2O3. The normalized spacial score (nSPS) is 17.7. The number of halogens is 2. The van der Waals surface area contributed by atoms with E-state index in [9.17, 15) is 18.7 Å². The lowest BCUT2D eigenvalue weighted by Gasteiger charge is -2.25. The number of hydrogen-bond donors (Lipinski definition) is 1. The van der Waals surface area contributed by atoms with Gasteiger partial charge < -0.3 is 9.84 Å². The number of rotatable bonds is 3. The van der Waals surface area contributed by atoms with Gasteiger partial charge in [-0.3, -0.25) is 4.79 Å². The Kier molecular flexibility index (Phi) is 3.24. The van der Waals surface area contributed by atoms with Crippen molar-refractivity contribution in [1.82, 2.24) is 0 Å². The number of aliphatic carboxylic acids is 1. The van der Waals surface area contributed by atoms with E-state index in [0.717, 1.165) is 6.07 Å². The van der Waals surface area contributed by atoms with Gasteiger partial charge in [0.2, 0.25) is 0 Å². The Morgan fingerprint density at radius 1 is 1.33 bits per heavy atom. The van der Waals surface area contributed by atoms with Crippen LogP contribution in [0.1, 0.15) is 31.2 Å². The van der Waals surface area contributed by atoms with Crippen LogP contribution in [0.3, 0.4) is 0 Å². The van der Waals surface area contributed by atoms with Gasteiger partial charge in [0, 0.05) is 5.56 Å². The summed E-state index contributed by atoms with van der Waals surface area (Å²) in [5, 5.41) is 9.36. The lowest BCUT2D eigenvalue weighted by atomic mass is 9.78. The smallest absolute Gasteiger partial charge is 0.314 e. The van der Waals surface area contributed by atoms with E-state index in [1.165, 1.54) is 13.2 Å². The van der Waals surface area contributed by atoms with Crippen LogP contribution in [-0.2, 0) is 10.2 Å². The summed E-state index contributed by atoms with van der Waals surface area (Å²) >= 11 is 0. The van der Waals surface area contributed by atoms with Crippen LogP contribution in [0.25, 0.3) is 0 Å². The van der Waals surface area contributed by atoms with Gasteiger partial charge in [-0.05, 0) is 25.0 Å². The number of carbonyl (C=O) groups is 1. The van der Waals surface area contributed by atoms with E-state index >= 15 is 0 Å². The second-order valence-electron chi connectivity index (χ2n) is 4.53. The fourth-order valence-electron chi connectivity index (χ4n) is 2.68. The Labute approximate surface area is 103 Å². The van der Waals surface area contributed by atoms with Crippen molar-refractivity contribution in [2.24, 2.45) is 0 Å². The Bertz CT molecular complexity index is 479. The number of methoxy groups -OCH3 is 1. The van der Waals surface area contributed by atoms with Gasteiger partial charge in [-0.15, -0.1) is 0 Å². The van der Waals surface area contributed by atoms with Gasteiger partial charge in [0.1, 0.15) is 5.82 Å². The van der Waals surface area contributed by atoms with Crippen LogP contribution in [0.2, 0.25) is 0 Å². The van der Waals surface area contributed by atoms with Gasteiger partial charge in [0.05, 0.1) is 12.5 Å². The highest BCUT2D eigenvalue weighted by molar-refractivity contribution is 5.82. The topological polar surface area (TPSA) is 46.5 Å². The molecule has 0 amide bonds. The maximum absolute atomic E-state index is 14.2. The molecule has 1 aromatic carbocycles. The molecule has 0 saturated heterocycles. The van der Waals surface area contributed by atoms with Crippen LogP contribution >= 0.6 is 0 Å². The minimum atomic E-state index is -1.46. The summed E-state index contributed by atoms with van der Waals surface area (Å²) in [6.07, 6.45) is 1.82. The Morgan fingerprint density at radius 3 is 2.44 bits per heavy atom. The van der Waals surface area contributed by atoms with Gasteiger partial charge >= 0.3 is 5.97 Å². The Morgan fingerprint density at radius 2 is 1.94 bits per heavy atom. The molecule has 0 aliphatic heterocycles. The average molecular weight is 256 g/mol. The SMILES string of the molecule is COc1ccc(F)c(C2(C(=O)O)CCCC2)c1F. The fraction of sp³-hybridized carbons (Fsp3) is 0.462. The summed E-state index contributed by atoms with van der Waals surface area (Å²) in [5.41, 5.74) is -1.82. The van der Waals surface area contributed by atoms with Crippen molar-refractivity contribution < 1.29 is 23.4 Å². The first-order valence-electron chi connectivity index (χ1n) is 5.79. The number of hydrogen-bond acceptors (Lipinski definition) is 2. The highest BCUT2D eigenvalue weighted by Gasteiger charge is 2.47. The summed E-state index contributed by atoms with van der Waals surface area (Å²) in [6.45, 7) is 0. The van der Waals surface area contributed by atoms with Crippen LogP contribution < -0.4 is 4.74 Å².